The maximum absolute atomic E-state index is 5.21. The Hall–Kier alpha value is -3.87. The Morgan fingerprint density at radius 2 is 1.83 bits per heavy atom. The zero-order valence-electron chi connectivity index (χ0n) is 16.2. The Morgan fingerprint density at radius 3 is 2.66 bits per heavy atom. The highest BCUT2D eigenvalue weighted by molar-refractivity contribution is 5.91. The van der Waals surface area contributed by atoms with Gasteiger partial charge < -0.3 is 10.1 Å². The van der Waals surface area contributed by atoms with Gasteiger partial charge >= 0.3 is 0 Å². The van der Waals surface area contributed by atoms with Crippen LogP contribution >= 0.6 is 0 Å². The molecule has 5 rings (SSSR count). The van der Waals surface area contributed by atoms with E-state index in [1.54, 1.807) is 7.11 Å². The molecule has 0 aliphatic heterocycles. The number of fused-ring (bicyclic) bond motifs is 3. The van der Waals surface area contributed by atoms with Crippen LogP contribution in [0.3, 0.4) is 0 Å². The number of nitrogens with zero attached hydrogens (tertiary/aromatic N) is 5. The summed E-state index contributed by atoms with van der Waals surface area (Å²) < 4.78 is 8.95. The van der Waals surface area contributed by atoms with Crippen LogP contribution in [0.2, 0.25) is 0 Å². The Labute approximate surface area is 167 Å². The van der Waals surface area contributed by atoms with Crippen LogP contribution in [0.5, 0.6) is 5.75 Å². The molecule has 5 aromatic rings. The summed E-state index contributed by atoms with van der Waals surface area (Å²) in [5.74, 6) is 1.65. The lowest BCUT2D eigenvalue weighted by molar-refractivity contribution is 0.414. The number of nitrogens with one attached hydrogen (secondary N) is 1. The molecule has 3 aromatic heterocycles. The summed E-state index contributed by atoms with van der Waals surface area (Å²) >= 11 is 0. The predicted molar refractivity (Wildman–Crippen MR) is 113 cm³/mol. The average Bonchev–Trinajstić information content (AvgIpc) is 3.38. The molecule has 7 nitrogen and oxygen atoms in total. The van der Waals surface area contributed by atoms with Crippen LogP contribution in [0, 0.1) is 6.92 Å². The monoisotopic (exact) mass is 384 g/mol. The molecule has 0 atom stereocenters. The summed E-state index contributed by atoms with van der Waals surface area (Å²) in [5, 5.41) is 13.7. The van der Waals surface area contributed by atoms with Crippen molar-refractivity contribution in [2.45, 2.75) is 13.5 Å². The second kappa shape index (κ2) is 6.94. The molecular formula is C22H20N6O. The van der Waals surface area contributed by atoms with Crippen LogP contribution in [-0.2, 0) is 6.54 Å². The summed E-state index contributed by atoms with van der Waals surface area (Å²) in [6.07, 6.45) is 1.95. The summed E-state index contributed by atoms with van der Waals surface area (Å²) in [7, 11) is 1.66. The molecule has 0 spiro atoms. The molecule has 0 saturated carbocycles. The molecule has 0 bridgehead atoms. The topological polar surface area (TPSA) is 69.3 Å². The number of methoxy groups -OCH3 is 1. The molecule has 0 radical (unpaired) electrons. The molecule has 0 aliphatic carbocycles. The minimum Gasteiger partial charge on any atom is -0.497 e. The van der Waals surface area contributed by atoms with Gasteiger partial charge in [0, 0.05) is 17.6 Å². The quantitative estimate of drug-likeness (QED) is 0.496. The van der Waals surface area contributed by atoms with Gasteiger partial charge in [0.2, 0.25) is 0 Å². The molecule has 144 valence electrons. The Balaban J connectivity index is 1.42. The number of ether oxygens (including phenoxy) is 1. The molecule has 7 heteroatoms. The van der Waals surface area contributed by atoms with E-state index < -0.39 is 0 Å². The van der Waals surface area contributed by atoms with Gasteiger partial charge in [0.05, 0.1) is 36.2 Å². The molecule has 0 fully saturated rings. The normalized spacial score (nSPS) is 11.2. The van der Waals surface area contributed by atoms with Crippen LogP contribution in [0.1, 0.15) is 11.4 Å². The third-order valence-corrected chi connectivity index (χ3v) is 4.84. The number of para-hydroxylation sites is 1. The third kappa shape index (κ3) is 3.16. The lowest BCUT2D eigenvalue weighted by Gasteiger charge is -2.09. The van der Waals surface area contributed by atoms with E-state index in [4.69, 9.17) is 9.72 Å². The predicted octanol–water partition coefficient (Wildman–Crippen LogP) is 4.00. The molecule has 0 aliphatic rings. The van der Waals surface area contributed by atoms with Crippen LogP contribution in [0.4, 0.5) is 5.82 Å². The van der Waals surface area contributed by atoms with Gasteiger partial charge in [-0.05, 0) is 49.4 Å². The van der Waals surface area contributed by atoms with E-state index in [1.807, 2.05) is 70.8 Å². The van der Waals surface area contributed by atoms with E-state index in [0.717, 1.165) is 45.2 Å². The standard InChI is InChI=1S/C22H20N6O/c1-15-13-21-24-22(19-5-3-4-6-20(19)28(21)25-15)23-14-16-11-12-27(26-16)17-7-9-18(29-2)10-8-17/h3-13H,14H2,1-2H3,(H,23,24). The van der Waals surface area contributed by atoms with Gasteiger partial charge in [-0.2, -0.15) is 10.2 Å². The minimum absolute atomic E-state index is 0.573. The van der Waals surface area contributed by atoms with Crippen molar-refractivity contribution in [2.24, 2.45) is 0 Å². The highest BCUT2D eigenvalue weighted by Gasteiger charge is 2.10. The maximum atomic E-state index is 5.21. The van der Waals surface area contributed by atoms with Crippen molar-refractivity contribution in [3.63, 3.8) is 0 Å². The lowest BCUT2D eigenvalue weighted by atomic mass is 10.2. The van der Waals surface area contributed by atoms with Crippen molar-refractivity contribution >= 4 is 22.4 Å². The first kappa shape index (κ1) is 17.2. The van der Waals surface area contributed by atoms with Crippen molar-refractivity contribution in [1.29, 1.82) is 0 Å². The third-order valence-electron chi connectivity index (χ3n) is 4.84. The first-order valence-electron chi connectivity index (χ1n) is 9.39. The Morgan fingerprint density at radius 1 is 1.00 bits per heavy atom. The van der Waals surface area contributed by atoms with E-state index in [0.29, 0.717) is 6.54 Å². The molecule has 29 heavy (non-hydrogen) atoms. The number of benzene rings is 2. The number of rotatable bonds is 5. The molecule has 1 N–H and O–H groups in total. The van der Waals surface area contributed by atoms with E-state index in [9.17, 15) is 0 Å². The fraction of sp³-hybridized carbons (Fsp3) is 0.136. The van der Waals surface area contributed by atoms with Crippen molar-refractivity contribution in [2.75, 3.05) is 12.4 Å². The van der Waals surface area contributed by atoms with Gasteiger partial charge in [-0.3, -0.25) is 0 Å². The van der Waals surface area contributed by atoms with Crippen molar-refractivity contribution < 1.29 is 4.74 Å². The molecule has 2 aromatic carbocycles. The largest absolute Gasteiger partial charge is 0.497 e. The number of anilines is 1. The number of hydrogen-bond acceptors (Lipinski definition) is 5. The lowest BCUT2D eigenvalue weighted by Crippen LogP contribution is -2.06. The van der Waals surface area contributed by atoms with Crippen molar-refractivity contribution in [1.82, 2.24) is 24.4 Å². The van der Waals surface area contributed by atoms with Gasteiger partial charge in [-0.1, -0.05) is 12.1 Å². The zero-order valence-corrected chi connectivity index (χ0v) is 16.2. The SMILES string of the molecule is COc1ccc(-n2ccc(CNc3nc4cc(C)nn4c4ccccc34)n2)cc1. The van der Waals surface area contributed by atoms with Gasteiger partial charge in [0.1, 0.15) is 11.6 Å². The van der Waals surface area contributed by atoms with E-state index in [2.05, 4.69) is 27.6 Å². The van der Waals surface area contributed by atoms with E-state index >= 15 is 0 Å². The highest BCUT2D eigenvalue weighted by atomic mass is 16.5. The average molecular weight is 384 g/mol. The van der Waals surface area contributed by atoms with Crippen LogP contribution in [0.25, 0.3) is 22.2 Å². The summed E-state index contributed by atoms with van der Waals surface area (Å²) in [4.78, 5) is 4.76. The Bertz CT molecular complexity index is 1300. The van der Waals surface area contributed by atoms with Gasteiger partial charge in [0.25, 0.3) is 0 Å². The summed E-state index contributed by atoms with van der Waals surface area (Å²) in [5.41, 5.74) is 4.70. The molecular weight excluding hydrogens is 364 g/mol. The summed E-state index contributed by atoms with van der Waals surface area (Å²) in [6.45, 7) is 2.55. The van der Waals surface area contributed by atoms with E-state index in [-0.39, 0.29) is 0 Å². The highest BCUT2D eigenvalue weighted by Crippen LogP contribution is 2.24. The Kier molecular flexibility index (Phi) is 4.13. The van der Waals surface area contributed by atoms with Gasteiger partial charge in [-0.25, -0.2) is 14.2 Å². The molecule has 0 saturated heterocycles. The number of aromatic nitrogens is 5. The number of aryl methyl sites for hydroxylation is 1. The van der Waals surface area contributed by atoms with Crippen molar-refractivity contribution in [3.05, 3.63) is 78.2 Å². The smallest absolute Gasteiger partial charge is 0.158 e. The second-order valence-electron chi connectivity index (χ2n) is 6.84. The number of hydrogen-bond donors (Lipinski definition) is 1. The fourth-order valence-electron chi connectivity index (χ4n) is 3.42. The van der Waals surface area contributed by atoms with Crippen LogP contribution < -0.4 is 10.1 Å². The molecule has 3 heterocycles. The molecule has 0 unspecified atom stereocenters. The fourth-order valence-corrected chi connectivity index (χ4v) is 3.42. The van der Waals surface area contributed by atoms with E-state index in [1.165, 1.54) is 0 Å². The summed E-state index contributed by atoms with van der Waals surface area (Å²) in [6, 6.07) is 19.9. The zero-order chi connectivity index (χ0) is 19.8. The molecule has 0 amide bonds. The first-order chi connectivity index (χ1) is 14.2. The van der Waals surface area contributed by atoms with Gasteiger partial charge in [0.15, 0.2) is 5.65 Å². The van der Waals surface area contributed by atoms with Crippen LogP contribution in [0.15, 0.2) is 66.9 Å². The maximum Gasteiger partial charge on any atom is 0.158 e. The van der Waals surface area contributed by atoms with Crippen LogP contribution in [-0.4, -0.2) is 31.5 Å². The minimum atomic E-state index is 0.573. The van der Waals surface area contributed by atoms with Gasteiger partial charge in [-0.15, -0.1) is 0 Å². The van der Waals surface area contributed by atoms with Crippen molar-refractivity contribution in [3.8, 4) is 11.4 Å². The first-order valence-corrected chi connectivity index (χ1v) is 9.39. The second-order valence-corrected chi connectivity index (χ2v) is 6.84.